The highest BCUT2D eigenvalue weighted by molar-refractivity contribution is 5.81. The molecule has 0 radical (unpaired) electrons. The van der Waals surface area contributed by atoms with E-state index in [9.17, 15) is 23.1 Å². The van der Waals surface area contributed by atoms with Crippen molar-refractivity contribution >= 4 is 17.5 Å². The van der Waals surface area contributed by atoms with Gasteiger partial charge in [0.1, 0.15) is 12.4 Å². The summed E-state index contributed by atoms with van der Waals surface area (Å²) in [6.07, 6.45) is 1.35. The van der Waals surface area contributed by atoms with Crippen molar-refractivity contribution in [3.05, 3.63) is 77.6 Å². The third-order valence-corrected chi connectivity index (χ3v) is 7.61. The van der Waals surface area contributed by atoms with Crippen LogP contribution in [0.4, 0.5) is 29.2 Å². The summed E-state index contributed by atoms with van der Waals surface area (Å²) in [6, 6.07) is 7.58. The van der Waals surface area contributed by atoms with E-state index in [0.29, 0.717) is 24.1 Å². The van der Waals surface area contributed by atoms with Gasteiger partial charge >= 0.3 is 6.18 Å². The topological polar surface area (TPSA) is 120 Å². The van der Waals surface area contributed by atoms with Gasteiger partial charge in [0, 0.05) is 44.0 Å². The van der Waals surface area contributed by atoms with Gasteiger partial charge in [-0.1, -0.05) is 12.1 Å². The molecule has 1 saturated carbocycles. The van der Waals surface area contributed by atoms with Gasteiger partial charge in [-0.3, -0.25) is 14.7 Å². The van der Waals surface area contributed by atoms with Crippen LogP contribution in [0.3, 0.4) is 0 Å². The highest BCUT2D eigenvalue weighted by Crippen LogP contribution is 2.36. The summed E-state index contributed by atoms with van der Waals surface area (Å²) in [6.45, 7) is 1.15. The number of alkyl halides is 3. The summed E-state index contributed by atoms with van der Waals surface area (Å²) in [5, 5.41) is 13.9. The molecule has 0 unspecified atom stereocenters. The molecule has 13 heteroatoms. The van der Waals surface area contributed by atoms with Crippen LogP contribution in [-0.2, 0) is 17.5 Å². The predicted molar refractivity (Wildman–Crippen MR) is 143 cm³/mol. The van der Waals surface area contributed by atoms with Gasteiger partial charge in [0.25, 0.3) is 0 Å². The number of piperidine rings is 1. The normalized spacial score (nSPS) is 20.4. The number of rotatable bonds is 10. The molecule has 9 nitrogen and oxygen atoms in total. The number of nitrogens with one attached hydrogen (secondary N) is 1. The number of nitrogens with zero attached hydrogens (tertiary/aromatic N) is 5. The third kappa shape index (κ3) is 6.73. The van der Waals surface area contributed by atoms with Gasteiger partial charge in [0.05, 0.1) is 11.7 Å². The lowest BCUT2D eigenvalue weighted by Gasteiger charge is -2.39. The number of carbonyl (C=O) groups excluding carboxylic acids is 1. The monoisotopic (exact) mass is 573 g/mol. The van der Waals surface area contributed by atoms with E-state index < -0.39 is 35.6 Å². The largest absolute Gasteiger partial charge is 0.416 e. The minimum Gasteiger partial charge on any atom is -0.391 e. The number of nitrogens with two attached hydrogens (primary N) is 1. The molecule has 1 amide bonds. The van der Waals surface area contributed by atoms with Crippen molar-refractivity contribution in [1.82, 2.24) is 19.9 Å². The van der Waals surface area contributed by atoms with Crippen molar-refractivity contribution in [2.24, 2.45) is 11.7 Å². The number of hydrogen-bond acceptors (Lipinski definition) is 8. The molecule has 3 aromatic rings. The summed E-state index contributed by atoms with van der Waals surface area (Å²) in [7, 11) is 0. The van der Waals surface area contributed by atoms with E-state index in [1.54, 1.807) is 29.4 Å². The van der Waals surface area contributed by atoms with E-state index >= 15 is 4.39 Å². The van der Waals surface area contributed by atoms with E-state index in [-0.39, 0.29) is 43.2 Å². The molecule has 5 rings (SSSR count). The van der Waals surface area contributed by atoms with Crippen molar-refractivity contribution in [3.63, 3.8) is 0 Å². The van der Waals surface area contributed by atoms with Crippen LogP contribution in [0, 0.1) is 11.7 Å². The Morgan fingerprint density at radius 1 is 1.12 bits per heavy atom. The number of aliphatic hydroxyl groups is 1. The highest BCUT2D eigenvalue weighted by atomic mass is 19.4. The molecule has 1 saturated heterocycles. The summed E-state index contributed by atoms with van der Waals surface area (Å²) >= 11 is 0. The zero-order valence-electron chi connectivity index (χ0n) is 22.1. The van der Waals surface area contributed by atoms with Gasteiger partial charge < -0.3 is 21.1 Å². The van der Waals surface area contributed by atoms with Gasteiger partial charge in [-0.15, -0.1) is 0 Å². The summed E-state index contributed by atoms with van der Waals surface area (Å²) in [5.74, 6) is -1.37. The first-order valence-corrected chi connectivity index (χ1v) is 13.4. The van der Waals surface area contributed by atoms with E-state index in [0.717, 1.165) is 25.0 Å². The number of halogens is 4. The molecule has 1 aliphatic carbocycles. The van der Waals surface area contributed by atoms with Crippen LogP contribution in [0.25, 0.3) is 0 Å². The number of benzene rings is 1. The van der Waals surface area contributed by atoms with Crippen molar-refractivity contribution in [1.29, 1.82) is 0 Å². The van der Waals surface area contributed by atoms with Crippen molar-refractivity contribution in [3.8, 4) is 0 Å². The molecule has 1 aliphatic heterocycles. The van der Waals surface area contributed by atoms with Crippen LogP contribution >= 0.6 is 0 Å². The SMILES string of the molecule is NC(=O)[C@@H](c1ccncc1)N1CC[C@H](CNc2ncnc(N(Cc3ccc(C(F)(F)F)cc3)C3CC3)c2F)[C@@H](O)C1. The maximum atomic E-state index is 15.6. The molecule has 3 atom stereocenters. The summed E-state index contributed by atoms with van der Waals surface area (Å²) in [4.78, 5) is 28.0. The van der Waals surface area contributed by atoms with Crippen LogP contribution in [0.2, 0.25) is 0 Å². The molecule has 0 bridgehead atoms. The van der Waals surface area contributed by atoms with Gasteiger partial charge in [0.2, 0.25) is 11.7 Å². The standard InChI is InChI=1S/C28H31F4N7O2/c29-23-26(35-13-19-9-12-38(15-22(19)40)24(25(33)41)18-7-10-34-11-8-18)36-16-37-27(23)39(21-5-6-21)14-17-1-3-20(4-2-17)28(30,31)32/h1-4,7-8,10-11,16,19,21-22,24,40H,5-6,9,12-15H2,(H2,33,41)(H,35,36,37)/t19-,22+,24-/m1/s1. The summed E-state index contributed by atoms with van der Waals surface area (Å²) < 4.78 is 54.5. The summed E-state index contributed by atoms with van der Waals surface area (Å²) in [5.41, 5.74) is 6.23. The van der Waals surface area contributed by atoms with Gasteiger partial charge in [-0.2, -0.15) is 17.6 Å². The number of β-amino-alcohol motifs (C(OH)–C–C–N with tert-alkyl or cyclic N) is 1. The molecule has 4 N–H and O–H groups in total. The number of aromatic nitrogens is 3. The number of hydrogen-bond donors (Lipinski definition) is 3. The second-order valence-corrected chi connectivity index (χ2v) is 10.5. The number of primary amides is 1. The van der Waals surface area contributed by atoms with E-state index in [2.05, 4.69) is 20.3 Å². The van der Waals surface area contributed by atoms with E-state index in [4.69, 9.17) is 5.73 Å². The van der Waals surface area contributed by atoms with Crippen LogP contribution in [0.5, 0.6) is 0 Å². The molecule has 3 heterocycles. The molecule has 2 aliphatic rings. The fourth-order valence-corrected chi connectivity index (χ4v) is 5.25. The fraction of sp³-hybridized carbons (Fsp3) is 0.429. The molecule has 2 fully saturated rings. The highest BCUT2D eigenvalue weighted by Gasteiger charge is 2.36. The number of likely N-dealkylation sites (tertiary alicyclic amines) is 1. The van der Waals surface area contributed by atoms with Gasteiger partial charge in [-0.05, 0) is 61.2 Å². The minimum absolute atomic E-state index is 0.0190. The second kappa shape index (κ2) is 12.0. The van der Waals surface area contributed by atoms with Crippen LogP contribution in [0.1, 0.15) is 42.0 Å². The van der Waals surface area contributed by atoms with Crippen molar-refractivity contribution in [2.75, 3.05) is 29.9 Å². The number of aliphatic hydroxyl groups excluding tert-OH is 1. The minimum atomic E-state index is -4.43. The third-order valence-electron chi connectivity index (χ3n) is 7.61. The smallest absolute Gasteiger partial charge is 0.391 e. The molecule has 0 spiro atoms. The first-order valence-electron chi connectivity index (χ1n) is 13.4. The molecule has 2 aromatic heterocycles. The lowest BCUT2D eigenvalue weighted by molar-refractivity contribution is -0.137. The Labute approximate surface area is 234 Å². The predicted octanol–water partition coefficient (Wildman–Crippen LogP) is 3.52. The van der Waals surface area contributed by atoms with E-state index in [1.807, 2.05) is 4.90 Å². The zero-order valence-corrected chi connectivity index (χ0v) is 22.1. The van der Waals surface area contributed by atoms with Crippen LogP contribution in [-0.4, -0.2) is 62.6 Å². The first-order chi connectivity index (χ1) is 19.6. The Bertz CT molecular complexity index is 1340. The number of anilines is 2. The van der Waals surface area contributed by atoms with Crippen LogP contribution in [0.15, 0.2) is 55.1 Å². The molecule has 41 heavy (non-hydrogen) atoms. The van der Waals surface area contributed by atoms with E-state index in [1.165, 1.54) is 18.5 Å². The Balaban J connectivity index is 1.23. The average molecular weight is 574 g/mol. The zero-order chi connectivity index (χ0) is 29.1. The maximum absolute atomic E-state index is 15.6. The number of carbonyl (C=O) groups is 1. The molecule has 1 aromatic carbocycles. The van der Waals surface area contributed by atoms with Gasteiger partial charge in [0.15, 0.2) is 11.6 Å². The second-order valence-electron chi connectivity index (χ2n) is 10.5. The van der Waals surface area contributed by atoms with Crippen molar-refractivity contribution in [2.45, 2.75) is 50.2 Å². The van der Waals surface area contributed by atoms with Gasteiger partial charge in [-0.25, -0.2) is 9.97 Å². The fourth-order valence-electron chi connectivity index (χ4n) is 5.25. The Kier molecular flexibility index (Phi) is 8.36. The lowest BCUT2D eigenvalue weighted by atomic mass is 9.91. The quantitative estimate of drug-likeness (QED) is 0.315. The van der Waals surface area contributed by atoms with Crippen LogP contribution < -0.4 is 16.0 Å². The Hall–Kier alpha value is -3.84. The lowest BCUT2D eigenvalue weighted by Crippen LogP contribution is -2.50. The molecular formula is C28H31F4N7O2. The Morgan fingerprint density at radius 3 is 2.44 bits per heavy atom. The van der Waals surface area contributed by atoms with Crippen molar-refractivity contribution < 1.29 is 27.5 Å². The average Bonchev–Trinajstić information content (AvgIpc) is 3.78. The Morgan fingerprint density at radius 2 is 1.83 bits per heavy atom. The first kappa shape index (κ1) is 28.7. The molecule has 218 valence electrons. The molecular weight excluding hydrogens is 542 g/mol. The number of amides is 1. The maximum Gasteiger partial charge on any atom is 0.416 e. The number of pyridine rings is 1.